The average molecular weight is 254 g/mol. The molecule has 0 spiro atoms. The minimum absolute atomic E-state index is 0.0527. The van der Waals surface area contributed by atoms with Gasteiger partial charge in [-0.25, -0.2) is 0 Å². The summed E-state index contributed by atoms with van der Waals surface area (Å²) in [7, 11) is 1.80. The van der Waals surface area contributed by atoms with E-state index in [4.69, 9.17) is 16.3 Å². The first kappa shape index (κ1) is 12.8. The lowest BCUT2D eigenvalue weighted by Crippen LogP contribution is -2.41. The van der Waals surface area contributed by atoms with E-state index in [9.17, 15) is 0 Å². The third kappa shape index (κ3) is 3.20. The van der Waals surface area contributed by atoms with E-state index in [1.807, 2.05) is 13.1 Å². The Kier molecular flexibility index (Phi) is 4.05. The molecule has 1 saturated carbocycles. The first-order chi connectivity index (χ1) is 8.13. The van der Waals surface area contributed by atoms with Crippen LogP contribution >= 0.6 is 11.6 Å². The molecule has 1 unspecified atom stereocenters. The van der Waals surface area contributed by atoms with E-state index in [2.05, 4.69) is 17.1 Å². The van der Waals surface area contributed by atoms with Crippen LogP contribution in [0.25, 0.3) is 0 Å². The van der Waals surface area contributed by atoms with Crippen molar-refractivity contribution in [3.63, 3.8) is 0 Å². The molecule has 94 valence electrons. The predicted octanol–water partition coefficient (Wildman–Crippen LogP) is 3.50. The Balaban J connectivity index is 1.88. The topological polar surface area (TPSA) is 22.1 Å². The molecule has 2 rings (SSSR count). The van der Waals surface area contributed by atoms with Gasteiger partial charge in [0.15, 0.2) is 0 Å². The number of ether oxygens (including phenoxy) is 1. The fourth-order valence-corrected chi connectivity index (χ4v) is 2.82. The molecule has 2 nitrogen and oxygen atoms in total. The standard InChI is InChI=1S/C14H20ClNO/c1-11-4-5-13(16-10-11)8-12(15)9-14(17-2)6-3-7-14/h4-5,10,12H,3,6-9H2,1-2H3. The van der Waals surface area contributed by atoms with Crippen LogP contribution in [0.1, 0.15) is 36.9 Å². The smallest absolute Gasteiger partial charge is 0.0693 e. The third-order valence-corrected chi connectivity index (χ3v) is 4.00. The number of pyridine rings is 1. The number of alkyl halides is 1. The minimum Gasteiger partial charge on any atom is -0.378 e. The van der Waals surface area contributed by atoms with Gasteiger partial charge in [0, 0.05) is 30.8 Å². The van der Waals surface area contributed by atoms with Gasteiger partial charge in [0.25, 0.3) is 0 Å². The molecule has 0 aromatic carbocycles. The van der Waals surface area contributed by atoms with Crippen molar-refractivity contribution < 1.29 is 4.74 Å². The Hall–Kier alpha value is -0.600. The lowest BCUT2D eigenvalue weighted by atomic mass is 9.76. The van der Waals surface area contributed by atoms with Gasteiger partial charge < -0.3 is 4.74 Å². The second kappa shape index (κ2) is 5.36. The minimum atomic E-state index is 0.0527. The molecule has 1 aromatic rings. The largest absolute Gasteiger partial charge is 0.378 e. The molecule has 0 N–H and O–H groups in total. The molecule has 1 aromatic heterocycles. The first-order valence-corrected chi connectivity index (χ1v) is 6.68. The number of rotatable bonds is 5. The SMILES string of the molecule is COC1(CC(Cl)Cc2ccc(C)cn2)CCC1. The first-order valence-electron chi connectivity index (χ1n) is 6.24. The van der Waals surface area contributed by atoms with Crippen LogP contribution < -0.4 is 0 Å². The van der Waals surface area contributed by atoms with Gasteiger partial charge in [0.05, 0.1) is 5.60 Å². The summed E-state index contributed by atoms with van der Waals surface area (Å²) in [6.07, 6.45) is 7.21. The zero-order valence-corrected chi connectivity index (χ0v) is 11.3. The molecule has 1 aliphatic carbocycles. The lowest BCUT2D eigenvalue weighted by molar-refractivity contribution is -0.0777. The van der Waals surface area contributed by atoms with Gasteiger partial charge in [0.2, 0.25) is 0 Å². The molecule has 17 heavy (non-hydrogen) atoms. The van der Waals surface area contributed by atoms with Crippen LogP contribution in [0, 0.1) is 6.92 Å². The number of hydrogen-bond donors (Lipinski definition) is 0. The Morgan fingerprint density at radius 3 is 2.71 bits per heavy atom. The fraction of sp³-hybridized carbons (Fsp3) is 0.643. The van der Waals surface area contributed by atoms with E-state index in [0.717, 1.165) is 31.4 Å². The van der Waals surface area contributed by atoms with Crippen LogP contribution in [0.2, 0.25) is 0 Å². The third-order valence-electron chi connectivity index (χ3n) is 3.69. The summed E-state index contributed by atoms with van der Waals surface area (Å²) in [6.45, 7) is 2.04. The van der Waals surface area contributed by atoms with Crippen LogP contribution in [0.4, 0.5) is 0 Å². The van der Waals surface area contributed by atoms with Gasteiger partial charge >= 0.3 is 0 Å². The molecular weight excluding hydrogens is 234 g/mol. The van der Waals surface area contributed by atoms with Crippen molar-refractivity contribution in [3.8, 4) is 0 Å². The van der Waals surface area contributed by atoms with Crippen molar-refractivity contribution in [2.45, 2.75) is 50.0 Å². The molecule has 0 saturated heterocycles. The summed E-state index contributed by atoms with van der Waals surface area (Å²) < 4.78 is 5.60. The molecular formula is C14H20ClNO. The van der Waals surface area contributed by atoms with Gasteiger partial charge in [-0.15, -0.1) is 11.6 Å². The summed E-state index contributed by atoms with van der Waals surface area (Å²) in [5, 5.41) is 0.116. The quantitative estimate of drug-likeness (QED) is 0.750. The summed E-state index contributed by atoms with van der Waals surface area (Å²) in [4.78, 5) is 4.39. The van der Waals surface area contributed by atoms with Gasteiger partial charge in [-0.2, -0.15) is 0 Å². The molecule has 0 radical (unpaired) electrons. The van der Waals surface area contributed by atoms with Gasteiger partial charge in [-0.1, -0.05) is 6.07 Å². The van der Waals surface area contributed by atoms with E-state index in [0.29, 0.717) is 0 Å². The summed E-state index contributed by atoms with van der Waals surface area (Å²) in [5.41, 5.74) is 2.31. The number of halogens is 1. The summed E-state index contributed by atoms with van der Waals surface area (Å²) in [6, 6.07) is 4.15. The maximum absolute atomic E-state index is 6.41. The predicted molar refractivity (Wildman–Crippen MR) is 70.5 cm³/mol. The van der Waals surface area contributed by atoms with Crippen molar-refractivity contribution >= 4 is 11.6 Å². The molecule has 1 heterocycles. The molecule has 1 aliphatic rings. The number of methoxy groups -OCH3 is 1. The molecule has 0 bridgehead atoms. The summed E-state index contributed by atoms with van der Waals surface area (Å²) >= 11 is 6.41. The van der Waals surface area contributed by atoms with Crippen LogP contribution in [0.15, 0.2) is 18.3 Å². The Morgan fingerprint density at radius 2 is 2.24 bits per heavy atom. The molecule has 1 fully saturated rings. The Bertz CT molecular complexity index is 353. The Labute approximate surface area is 108 Å². The zero-order valence-electron chi connectivity index (χ0n) is 10.6. The van der Waals surface area contributed by atoms with E-state index in [1.54, 1.807) is 7.11 Å². The van der Waals surface area contributed by atoms with Gasteiger partial charge in [-0.3, -0.25) is 4.98 Å². The maximum Gasteiger partial charge on any atom is 0.0693 e. The maximum atomic E-state index is 6.41. The Morgan fingerprint density at radius 1 is 1.47 bits per heavy atom. The highest BCUT2D eigenvalue weighted by atomic mass is 35.5. The van der Waals surface area contributed by atoms with Crippen molar-refractivity contribution in [3.05, 3.63) is 29.6 Å². The highest BCUT2D eigenvalue weighted by Gasteiger charge is 2.38. The number of hydrogen-bond acceptors (Lipinski definition) is 2. The number of aryl methyl sites for hydroxylation is 1. The van der Waals surface area contributed by atoms with Crippen molar-refractivity contribution in [2.24, 2.45) is 0 Å². The molecule has 0 aliphatic heterocycles. The molecule has 0 amide bonds. The second-order valence-electron chi connectivity index (χ2n) is 5.07. The average Bonchev–Trinajstić information content (AvgIpc) is 2.27. The molecule has 1 atom stereocenters. The number of aromatic nitrogens is 1. The fourth-order valence-electron chi connectivity index (χ4n) is 2.38. The highest BCUT2D eigenvalue weighted by molar-refractivity contribution is 6.20. The van der Waals surface area contributed by atoms with Crippen molar-refractivity contribution in [1.82, 2.24) is 4.98 Å². The highest BCUT2D eigenvalue weighted by Crippen LogP contribution is 2.40. The van der Waals surface area contributed by atoms with Crippen LogP contribution in [0.3, 0.4) is 0 Å². The van der Waals surface area contributed by atoms with Crippen molar-refractivity contribution in [2.75, 3.05) is 7.11 Å². The van der Waals surface area contributed by atoms with E-state index in [-0.39, 0.29) is 11.0 Å². The summed E-state index contributed by atoms with van der Waals surface area (Å²) in [5.74, 6) is 0. The van der Waals surface area contributed by atoms with E-state index >= 15 is 0 Å². The van der Waals surface area contributed by atoms with Crippen LogP contribution in [-0.2, 0) is 11.2 Å². The monoisotopic (exact) mass is 253 g/mol. The van der Waals surface area contributed by atoms with Gasteiger partial charge in [0.1, 0.15) is 0 Å². The lowest BCUT2D eigenvalue weighted by Gasteiger charge is -2.41. The van der Waals surface area contributed by atoms with Gasteiger partial charge in [-0.05, 0) is 44.2 Å². The van der Waals surface area contributed by atoms with Crippen molar-refractivity contribution in [1.29, 1.82) is 0 Å². The molecule has 3 heteroatoms. The normalized spacial score (nSPS) is 19.7. The second-order valence-corrected chi connectivity index (χ2v) is 5.69. The van der Waals surface area contributed by atoms with Crippen LogP contribution in [-0.4, -0.2) is 23.1 Å². The van der Waals surface area contributed by atoms with Crippen LogP contribution in [0.5, 0.6) is 0 Å². The number of nitrogens with zero attached hydrogens (tertiary/aromatic N) is 1. The van der Waals surface area contributed by atoms with E-state index < -0.39 is 0 Å². The van der Waals surface area contributed by atoms with E-state index in [1.165, 1.54) is 12.0 Å². The zero-order chi connectivity index (χ0) is 12.3.